The summed E-state index contributed by atoms with van der Waals surface area (Å²) >= 11 is 0. The Kier molecular flexibility index (Phi) is 3.65. The first-order valence-corrected chi connectivity index (χ1v) is 6.08. The molecule has 1 saturated carbocycles. The summed E-state index contributed by atoms with van der Waals surface area (Å²) in [6.07, 6.45) is 4.42. The maximum atomic E-state index is 5.60. The van der Waals surface area contributed by atoms with Gasteiger partial charge in [0.05, 0.1) is 12.7 Å². The van der Waals surface area contributed by atoms with Crippen LogP contribution in [0.15, 0.2) is 0 Å². The van der Waals surface area contributed by atoms with Crippen molar-refractivity contribution in [1.82, 2.24) is 5.32 Å². The van der Waals surface area contributed by atoms with E-state index in [0.717, 1.165) is 32.2 Å². The lowest BCUT2D eigenvalue weighted by Gasteiger charge is -2.28. The van der Waals surface area contributed by atoms with Gasteiger partial charge in [-0.2, -0.15) is 0 Å². The van der Waals surface area contributed by atoms with Gasteiger partial charge < -0.3 is 14.8 Å². The SMILES string of the molecule is COCCNCC1CC12CCOC(C)C2. The molecule has 2 fully saturated rings. The van der Waals surface area contributed by atoms with Crippen LogP contribution in [0.25, 0.3) is 0 Å². The summed E-state index contributed by atoms with van der Waals surface area (Å²) < 4.78 is 10.6. The number of methoxy groups -OCH3 is 1. The van der Waals surface area contributed by atoms with Crippen molar-refractivity contribution < 1.29 is 9.47 Å². The molecule has 1 aliphatic heterocycles. The van der Waals surface area contributed by atoms with Crippen molar-refractivity contribution in [2.75, 3.05) is 33.4 Å². The topological polar surface area (TPSA) is 30.5 Å². The highest BCUT2D eigenvalue weighted by Crippen LogP contribution is 2.59. The van der Waals surface area contributed by atoms with E-state index in [1.165, 1.54) is 19.3 Å². The Labute approximate surface area is 92.5 Å². The van der Waals surface area contributed by atoms with E-state index in [1.807, 2.05) is 0 Å². The smallest absolute Gasteiger partial charge is 0.0587 e. The second-order valence-corrected chi connectivity index (χ2v) is 5.10. The highest BCUT2D eigenvalue weighted by molar-refractivity contribution is 5.05. The summed E-state index contributed by atoms with van der Waals surface area (Å²) in [6.45, 7) is 6.13. The standard InChI is InChI=1S/C12H23NO2/c1-10-7-12(3-5-15-10)8-11(12)9-13-4-6-14-2/h10-11,13H,3-9H2,1-2H3. The fraction of sp³-hybridized carbons (Fsp3) is 1.00. The summed E-state index contributed by atoms with van der Waals surface area (Å²) in [4.78, 5) is 0. The monoisotopic (exact) mass is 213 g/mol. The van der Waals surface area contributed by atoms with Crippen molar-refractivity contribution in [3.63, 3.8) is 0 Å². The van der Waals surface area contributed by atoms with Crippen LogP contribution < -0.4 is 5.32 Å². The first-order valence-electron chi connectivity index (χ1n) is 6.08. The molecule has 0 radical (unpaired) electrons. The zero-order valence-electron chi connectivity index (χ0n) is 9.92. The number of nitrogens with one attached hydrogen (secondary N) is 1. The minimum Gasteiger partial charge on any atom is -0.383 e. The summed E-state index contributed by atoms with van der Waals surface area (Å²) in [5.74, 6) is 0.890. The van der Waals surface area contributed by atoms with E-state index in [-0.39, 0.29) is 0 Å². The van der Waals surface area contributed by atoms with Gasteiger partial charge in [0.15, 0.2) is 0 Å². The molecule has 3 heteroatoms. The predicted molar refractivity (Wildman–Crippen MR) is 59.9 cm³/mol. The van der Waals surface area contributed by atoms with Crippen LogP contribution >= 0.6 is 0 Å². The third-order valence-electron chi connectivity index (χ3n) is 3.93. The Morgan fingerprint density at radius 2 is 2.33 bits per heavy atom. The van der Waals surface area contributed by atoms with Gasteiger partial charge in [-0.1, -0.05) is 0 Å². The van der Waals surface area contributed by atoms with Gasteiger partial charge in [0.2, 0.25) is 0 Å². The number of hydrogen-bond donors (Lipinski definition) is 1. The van der Waals surface area contributed by atoms with Crippen LogP contribution in [-0.4, -0.2) is 39.5 Å². The van der Waals surface area contributed by atoms with Crippen LogP contribution in [0.4, 0.5) is 0 Å². The van der Waals surface area contributed by atoms with Gasteiger partial charge in [-0.3, -0.25) is 0 Å². The van der Waals surface area contributed by atoms with Gasteiger partial charge in [0, 0.05) is 20.3 Å². The van der Waals surface area contributed by atoms with E-state index >= 15 is 0 Å². The average Bonchev–Trinajstić information content (AvgIpc) is 2.85. The number of ether oxygens (including phenoxy) is 2. The molecule has 15 heavy (non-hydrogen) atoms. The molecule has 3 nitrogen and oxygen atoms in total. The molecular weight excluding hydrogens is 190 g/mol. The molecular formula is C12H23NO2. The van der Waals surface area contributed by atoms with Crippen LogP contribution in [0.2, 0.25) is 0 Å². The highest BCUT2D eigenvalue weighted by Gasteiger charge is 2.54. The van der Waals surface area contributed by atoms with E-state index in [0.29, 0.717) is 11.5 Å². The molecule has 88 valence electrons. The van der Waals surface area contributed by atoms with E-state index in [2.05, 4.69) is 12.2 Å². The number of hydrogen-bond acceptors (Lipinski definition) is 3. The fourth-order valence-electron chi connectivity index (χ4n) is 2.92. The third-order valence-corrected chi connectivity index (χ3v) is 3.93. The minimum absolute atomic E-state index is 0.475. The molecule has 2 rings (SSSR count). The molecule has 0 aromatic carbocycles. The molecule has 0 bridgehead atoms. The van der Waals surface area contributed by atoms with Crippen LogP contribution in [0.3, 0.4) is 0 Å². The molecule has 2 aliphatic rings. The first-order chi connectivity index (χ1) is 7.27. The van der Waals surface area contributed by atoms with Gasteiger partial charge >= 0.3 is 0 Å². The van der Waals surface area contributed by atoms with Crippen LogP contribution in [0.5, 0.6) is 0 Å². The average molecular weight is 213 g/mol. The Balaban J connectivity index is 1.65. The van der Waals surface area contributed by atoms with Crippen LogP contribution in [0.1, 0.15) is 26.2 Å². The molecule has 0 aromatic heterocycles. The van der Waals surface area contributed by atoms with Crippen molar-refractivity contribution in [2.24, 2.45) is 11.3 Å². The van der Waals surface area contributed by atoms with Crippen LogP contribution in [-0.2, 0) is 9.47 Å². The first kappa shape index (κ1) is 11.4. The molecule has 1 aliphatic carbocycles. The van der Waals surface area contributed by atoms with E-state index in [1.54, 1.807) is 7.11 Å². The van der Waals surface area contributed by atoms with E-state index in [4.69, 9.17) is 9.47 Å². The Morgan fingerprint density at radius 1 is 1.47 bits per heavy atom. The zero-order chi connectivity index (χ0) is 10.7. The van der Waals surface area contributed by atoms with Crippen LogP contribution in [0, 0.1) is 11.3 Å². The second-order valence-electron chi connectivity index (χ2n) is 5.10. The Morgan fingerprint density at radius 3 is 3.07 bits per heavy atom. The fourth-order valence-corrected chi connectivity index (χ4v) is 2.92. The molecule has 1 heterocycles. The molecule has 1 spiro atoms. The van der Waals surface area contributed by atoms with E-state index < -0.39 is 0 Å². The quantitative estimate of drug-likeness (QED) is 0.701. The largest absolute Gasteiger partial charge is 0.383 e. The van der Waals surface area contributed by atoms with Crippen molar-refractivity contribution in [2.45, 2.75) is 32.3 Å². The zero-order valence-corrected chi connectivity index (χ0v) is 9.92. The third kappa shape index (κ3) is 2.71. The summed E-state index contributed by atoms with van der Waals surface area (Å²) in [5, 5.41) is 3.47. The lowest BCUT2D eigenvalue weighted by Crippen LogP contribution is -2.29. The van der Waals surface area contributed by atoms with Gasteiger partial charge in [0.1, 0.15) is 0 Å². The highest BCUT2D eigenvalue weighted by atomic mass is 16.5. The molecule has 3 unspecified atom stereocenters. The summed E-state index contributed by atoms with van der Waals surface area (Å²) in [5.41, 5.74) is 0.637. The molecule has 1 saturated heterocycles. The van der Waals surface area contributed by atoms with Crippen molar-refractivity contribution in [3.05, 3.63) is 0 Å². The summed E-state index contributed by atoms with van der Waals surface area (Å²) in [6, 6.07) is 0. The maximum Gasteiger partial charge on any atom is 0.0587 e. The predicted octanol–water partition coefficient (Wildman–Crippen LogP) is 1.43. The Bertz CT molecular complexity index is 210. The van der Waals surface area contributed by atoms with Crippen molar-refractivity contribution in [3.8, 4) is 0 Å². The Hall–Kier alpha value is -0.120. The molecule has 0 amide bonds. The maximum absolute atomic E-state index is 5.60. The van der Waals surface area contributed by atoms with Gasteiger partial charge in [-0.05, 0) is 44.1 Å². The molecule has 3 atom stereocenters. The lowest BCUT2D eigenvalue weighted by molar-refractivity contribution is -0.00944. The van der Waals surface area contributed by atoms with Gasteiger partial charge in [-0.25, -0.2) is 0 Å². The van der Waals surface area contributed by atoms with E-state index in [9.17, 15) is 0 Å². The van der Waals surface area contributed by atoms with Crippen molar-refractivity contribution in [1.29, 1.82) is 0 Å². The van der Waals surface area contributed by atoms with Gasteiger partial charge in [0.25, 0.3) is 0 Å². The van der Waals surface area contributed by atoms with Gasteiger partial charge in [-0.15, -0.1) is 0 Å². The number of rotatable bonds is 5. The molecule has 0 aromatic rings. The lowest BCUT2D eigenvalue weighted by atomic mass is 9.90. The summed E-state index contributed by atoms with van der Waals surface area (Å²) in [7, 11) is 1.75. The van der Waals surface area contributed by atoms with Crippen molar-refractivity contribution >= 4 is 0 Å². The minimum atomic E-state index is 0.475. The molecule has 1 N–H and O–H groups in total. The second kappa shape index (κ2) is 4.81. The normalized spacial score (nSPS) is 39.6.